The minimum atomic E-state index is 0.416. The number of allylic oxidation sites excluding steroid dienone is 5. The van der Waals surface area contributed by atoms with E-state index in [2.05, 4.69) is 98.3 Å². The Morgan fingerprint density at radius 3 is 2.79 bits per heavy atom. The van der Waals surface area contributed by atoms with Crippen LogP contribution >= 0.6 is 0 Å². The molecule has 1 aromatic heterocycles. The summed E-state index contributed by atoms with van der Waals surface area (Å²) in [5.41, 5.74) is 6.78. The van der Waals surface area contributed by atoms with E-state index >= 15 is 0 Å². The van der Waals surface area contributed by atoms with Crippen LogP contribution in [0.4, 0.5) is 0 Å². The van der Waals surface area contributed by atoms with Gasteiger partial charge < -0.3 is 10.2 Å². The average molecular weight is 457 g/mol. The van der Waals surface area contributed by atoms with Gasteiger partial charge in [-0.15, -0.1) is 0 Å². The fraction of sp³-hybridized carbons (Fsp3) is 0.400. The van der Waals surface area contributed by atoms with Crippen LogP contribution in [-0.4, -0.2) is 28.2 Å². The van der Waals surface area contributed by atoms with Gasteiger partial charge in [-0.05, 0) is 75.4 Å². The number of aryl methyl sites for hydroxylation is 1. The number of fused-ring (bicyclic) bond motifs is 1. The summed E-state index contributed by atoms with van der Waals surface area (Å²) < 4.78 is 0. The Morgan fingerprint density at radius 1 is 1.29 bits per heavy atom. The molecule has 0 saturated carbocycles. The van der Waals surface area contributed by atoms with Gasteiger partial charge in [0.1, 0.15) is 0 Å². The van der Waals surface area contributed by atoms with Gasteiger partial charge in [0, 0.05) is 48.0 Å². The van der Waals surface area contributed by atoms with Gasteiger partial charge in [0.05, 0.1) is 11.7 Å². The maximum atomic E-state index is 4.90. The summed E-state index contributed by atoms with van der Waals surface area (Å²) in [6, 6.07) is 2.56. The molecule has 0 aromatic carbocycles. The molecule has 1 aliphatic carbocycles. The van der Waals surface area contributed by atoms with Crippen LogP contribution in [0.2, 0.25) is 0 Å². The highest BCUT2D eigenvalue weighted by Crippen LogP contribution is 2.30. The van der Waals surface area contributed by atoms with Gasteiger partial charge in [-0.25, -0.2) is 0 Å². The van der Waals surface area contributed by atoms with Gasteiger partial charge in [-0.1, -0.05) is 50.8 Å². The van der Waals surface area contributed by atoms with Crippen LogP contribution in [-0.2, 0) is 0 Å². The van der Waals surface area contributed by atoms with E-state index in [0.29, 0.717) is 17.9 Å². The molecule has 3 unspecified atom stereocenters. The molecule has 1 aromatic rings. The third-order valence-corrected chi connectivity index (χ3v) is 6.67. The summed E-state index contributed by atoms with van der Waals surface area (Å²) in [4.78, 5) is 11.7. The normalized spacial score (nSPS) is 21.1. The average Bonchev–Trinajstić information content (AvgIpc) is 3.26. The Balaban J connectivity index is 1.87. The Kier molecular flexibility index (Phi) is 9.26. The van der Waals surface area contributed by atoms with Gasteiger partial charge in [0.25, 0.3) is 0 Å². The molecule has 0 amide bonds. The smallest absolute Gasteiger partial charge is 0.0882 e. The van der Waals surface area contributed by atoms with Crippen molar-refractivity contribution in [2.24, 2.45) is 16.8 Å². The van der Waals surface area contributed by atoms with Crippen LogP contribution in [0.15, 0.2) is 90.2 Å². The Hall–Kier alpha value is -3.14. The van der Waals surface area contributed by atoms with Crippen LogP contribution in [0.25, 0.3) is 5.70 Å². The molecule has 4 nitrogen and oxygen atoms in total. The van der Waals surface area contributed by atoms with Crippen molar-refractivity contribution in [2.45, 2.75) is 59.9 Å². The van der Waals surface area contributed by atoms with E-state index in [0.717, 1.165) is 48.3 Å². The molecule has 0 spiro atoms. The predicted molar refractivity (Wildman–Crippen MR) is 146 cm³/mol. The lowest BCUT2D eigenvalue weighted by Gasteiger charge is -2.29. The van der Waals surface area contributed by atoms with Crippen molar-refractivity contribution in [2.75, 3.05) is 6.54 Å². The lowest BCUT2D eigenvalue weighted by atomic mass is 9.89. The molecule has 0 fully saturated rings. The molecule has 180 valence electrons. The number of hydrogen-bond acceptors (Lipinski definition) is 4. The summed E-state index contributed by atoms with van der Waals surface area (Å²) in [5, 5.41) is 3.52. The third kappa shape index (κ3) is 6.47. The first-order valence-electron chi connectivity index (χ1n) is 12.5. The molecule has 0 radical (unpaired) electrons. The van der Waals surface area contributed by atoms with Gasteiger partial charge >= 0.3 is 0 Å². The highest BCUT2D eigenvalue weighted by Gasteiger charge is 2.26. The van der Waals surface area contributed by atoms with Crippen molar-refractivity contribution in [3.63, 3.8) is 0 Å². The number of pyridine rings is 1. The standard InChI is InChI=1S/C30H40N4/c1-7-23(5)30(9-3)34(16-12-13-25-20-32-28-15-11-10-14-27(25)28)21-29(33-24(6)8-2)26-17-22(4)18-31-19-26/h8-11,14-15,17-21,23,27-28,32H,2,7,12-13,16H2,1,3-6H3/b29-21-,30-9-,33-24-. The summed E-state index contributed by atoms with van der Waals surface area (Å²) >= 11 is 0. The van der Waals surface area contributed by atoms with Gasteiger partial charge in [0.2, 0.25) is 0 Å². The largest absolute Gasteiger partial charge is 0.384 e. The first-order chi connectivity index (χ1) is 16.5. The summed E-state index contributed by atoms with van der Waals surface area (Å²) in [6.07, 6.45) is 24.4. The molecule has 2 aliphatic rings. The van der Waals surface area contributed by atoms with Crippen LogP contribution in [0, 0.1) is 18.8 Å². The van der Waals surface area contributed by atoms with Gasteiger partial charge in [-0.3, -0.25) is 9.98 Å². The molecular formula is C30H40N4. The van der Waals surface area contributed by atoms with Gasteiger partial charge in [0.15, 0.2) is 0 Å². The highest BCUT2D eigenvalue weighted by atomic mass is 15.1. The third-order valence-electron chi connectivity index (χ3n) is 6.67. The Labute approximate surface area is 206 Å². The monoisotopic (exact) mass is 456 g/mol. The number of rotatable bonds is 11. The first kappa shape index (κ1) is 25.5. The van der Waals surface area contributed by atoms with Crippen molar-refractivity contribution in [1.29, 1.82) is 0 Å². The van der Waals surface area contributed by atoms with E-state index in [9.17, 15) is 0 Å². The van der Waals surface area contributed by atoms with E-state index in [1.165, 1.54) is 11.3 Å². The molecule has 0 bridgehead atoms. The lowest BCUT2D eigenvalue weighted by Crippen LogP contribution is -2.25. The number of aromatic nitrogens is 1. The van der Waals surface area contributed by atoms with Crippen molar-refractivity contribution in [3.05, 3.63) is 96.3 Å². The first-order valence-corrected chi connectivity index (χ1v) is 12.5. The van der Waals surface area contributed by atoms with E-state index in [1.807, 2.05) is 19.3 Å². The zero-order valence-corrected chi connectivity index (χ0v) is 21.5. The molecule has 3 atom stereocenters. The maximum Gasteiger partial charge on any atom is 0.0882 e. The van der Waals surface area contributed by atoms with Crippen molar-refractivity contribution >= 4 is 11.4 Å². The van der Waals surface area contributed by atoms with Crippen molar-refractivity contribution in [1.82, 2.24) is 15.2 Å². The fourth-order valence-electron chi connectivity index (χ4n) is 4.57. The highest BCUT2D eigenvalue weighted by molar-refractivity contribution is 5.96. The summed E-state index contributed by atoms with van der Waals surface area (Å²) in [6.45, 7) is 15.6. The fourth-order valence-corrected chi connectivity index (χ4v) is 4.57. The minimum Gasteiger partial charge on any atom is -0.384 e. The van der Waals surface area contributed by atoms with E-state index in [1.54, 1.807) is 6.08 Å². The maximum absolute atomic E-state index is 4.90. The SMILES string of the molecule is C=C/C(C)=N\C(=C/N(CCCC1=CNC2C=CC=CC12)/C(=C\C)C(C)CC)c1cncc(C)c1. The van der Waals surface area contributed by atoms with E-state index in [-0.39, 0.29) is 0 Å². The summed E-state index contributed by atoms with van der Waals surface area (Å²) in [7, 11) is 0. The zero-order valence-electron chi connectivity index (χ0n) is 21.5. The second-order valence-corrected chi connectivity index (χ2v) is 9.25. The zero-order chi connectivity index (χ0) is 24.5. The van der Waals surface area contributed by atoms with Crippen LogP contribution < -0.4 is 5.32 Å². The second kappa shape index (κ2) is 12.4. The second-order valence-electron chi connectivity index (χ2n) is 9.25. The molecule has 2 heterocycles. The molecule has 3 rings (SSSR count). The lowest BCUT2D eigenvalue weighted by molar-refractivity contribution is 0.388. The molecule has 1 aliphatic heterocycles. The van der Waals surface area contributed by atoms with Crippen molar-refractivity contribution in [3.8, 4) is 0 Å². The van der Waals surface area contributed by atoms with Gasteiger partial charge in [-0.2, -0.15) is 0 Å². The quantitative estimate of drug-likeness (QED) is 0.366. The summed E-state index contributed by atoms with van der Waals surface area (Å²) in [5.74, 6) is 0.948. The number of nitrogens with one attached hydrogen (secondary N) is 1. The minimum absolute atomic E-state index is 0.416. The molecule has 4 heteroatoms. The Bertz CT molecular complexity index is 1040. The number of hydrogen-bond donors (Lipinski definition) is 1. The van der Waals surface area contributed by atoms with Crippen LogP contribution in [0.1, 0.15) is 58.1 Å². The number of aliphatic imine (C=N–C) groups is 1. The van der Waals surface area contributed by atoms with Crippen molar-refractivity contribution < 1.29 is 0 Å². The van der Waals surface area contributed by atoms with Crippen LogP contribution in [0.5, 0.6) is 0 Å². The molecule has 1 N–H and O–H groups in total. The Morgan fingerprint density at radius 2 is 2.09 bits per heavy atom. The molecule has 34 heavy (non-hydrogen) atoms. The molecule has 0 saturated heterocycles. The van der Waals surface area contributed by atoms with E-state index in [4.69, 9.17) is 4.99 Å². The van der Waals surface area contributed by atoms with E-state index < -0.39 is 0 Å². The van der Waals surface area contributed by atoms with Crippen LogP contribution in [0.3, 0.4) is 0 Å². The number of nitrogens with zero attached hydrogens (tertiary/aromatic N) is 3. The molecular weight excluding hydrogens is 416 g/mol. The predicted octanol–water partition coefficient (Wildman–Crippen LogP) is 6.97. The topological polar surface area (TPSA) is 40.5 Å².